The van der Waals surface area contributed by atoms with E-state index < -0.39 is 0 Å². The maximum atomic E-state index is 11.9. The van der Waals surface area contributed by atoms with Crippen molar-refractivity contribution in [2.75, 3.05) is 0 Å². The molecule has 0 aliphatic heterocycles. The average Bonchev–Trinajstić information content (AvgIpc) is 3.11. The van der Waals surface area contributed by atoms with Gasteiger partial charge in [0.25, 0.3) is 0 Å². The molecule has 4 heteroatoms. The van der Waals surface area contributed by atoms with Crippen LogP contribution >= 0.6 is 0 Å². The molecule has 0 aliphatic rings. The second-order valence-corrected chi connectivity index (χ2v) is 5.60. The standard InChI is InChI=1S/C20H20N2O2/c23-19(21-14-16-8-3-1-4-9-16)12-7-13-20-22-15-18(24-20)17-10-5-2-6-11-17/h1-6,8-11,15H,7,12-14H2,(H,21,23). The number of nitrogens with one attached hydrogen (secondary N) is 1. The van der Waals surface area contributed by atoms with Gasteiger partial charge >= 0.3 is 0 Å². The van der Waals surface area contributed by atoms with E-state index in [9.17, 15) is 4.79 Å². The number of nitrogens with zero attached hydrogens (tertiary/aromatic N) is 1. The fraction of sp³-hybridized carbons (Fsp3) is 0.200. The quantitative estimate of drug-likeness (QED) is 0.716. The van der Waals surface area contributed by atoms with Crippen LogP contribution in [0.15, 0.2) is 71.3 Å². The lowest BCUT2D eigenvalue weighted by molar-refractivity contribution is -0.121. The molecule has 0 saturated carbocycles. The second kappa shape index (κ2) is 8.11. The molecule has 1 aromatic heterocycles. The van der Waals surface area contributed by atoms with E-state index >= 15 is 0 Å². The number of benzene rings is 2. The van der Waals surface area contributed by atoms with E-state index in [1.807, 2.05) is 60.7 Å². The monoisotopic (exact) mass is 320 g/mol. The first-order chi connectivity index (χ1) is 11.8. The molecule has 0 atom stereocenters. The molecule has 3 rings (SSSR count). The summed E-state index contributed by atoms with van der Waals surface area (Å²) in [7, 11) is 0. The Labute approximate surface area is 141 Å². The maximum Gasteiger partial charge on any atom is 0.220 e. The molecule has 0 radical (unpaired) electrons. The molecular weight excluding hydrogens is 300 g/mol. The number of aryl methyl sites for hydroxylation is 1. The number of aromatic nitrogens is 1. The van der Waals surface area contributed by atoms with Gasteiger partial charge in [0.15, 0.2) is 11.7 Å². The Morgan fingerprint density at radius 2 is 1.71 bits per heavy atom. The van der Waals surface area contributed by atoms with Gasteiger partial charge in [-0.05, 0) is 12.0 Å². The van der Waals surface area contributed by atoms with Crippen LogP contribution < -0.4 is 5.32 Å². The Kier molecular flexibility index (Phi) is 5.40. The molecule has 2 aromatic carbocycles. The highest BCUT2D eigenvalue weighted by Crippen LogP contribution is 2.20. The Hall–Kier alpha value is -2.88. The van der Waals surface area contributed by atoms with E-state index in [1.165, 1.54) is 0 Å². The molecule has 0 unspecified atom stereocenters. The highest BCUT2D eigenvalue weighted by atomic mass is 16.4. The Balaban J connectivity index is 1.42. The zero-order valence-corrected chi connectivity index (χ0v) is 13.4. The summed E-state index contributed by atoms with van der Waals surface area (Å²) in [5, 5.41) is 2.93. The number of rotatable bonds is 7. The predicted molar refractivity (Wildman–Crippen MR) is 93.2 cm³/mol. The number of amides is 1. The van der Waals surface area contributed by atoms with Gasteiger partial charge < -0.3 is 9.73 Å². The van der Waals surface area contributed by atoms with E-state index in [4.69, 9.17) is 4.42 Å². The summed E-state index contributed by atoms with van der Waals surface area (Å²) in [6.07, 6.45) is 3.58. The van der Waals surface area contributed by atoms with E-state index in [0.29, 0.717) is 25.3 Å². The summed E-state index contributed by atoms with van der Waals surface area (Å²) in [5.41, 5.74) is 2.11. The molecule has 122 valence electrons. The highest BCUT2D eigenvalue weighted by Gasteiger charge is 2.07. The SMILES string of the molecule is O=C(CCCc1ncc(-c2ccccc2)o1)NCc1ccccc1. The summed E-state index contributed by atoms with van der Waals surface area (Å²) in [6, 6.07) is 19.8. The van der Waals surface area contributed by atoms with Crippen molar-refractivity contribution in [3.8, 4) is 11.3 Å². The maximum absolute atomic E-state index is 11.9. The van der Waals surface area contributed by atoms with Gasteiger partial charge in [-0.1, -0.05) is 60.7 Å². The third-order valence-corrected chi connectivity index (χ3v) is 3.74. The molecule has 1 amide bonds. The number of hydrogen-bond donors (Lipinski definition) is 1. The number of hydrogen-bond acceptors (Lipinski definition) is 3. The molecule has 24 heavy (non-hydrogen) atoms. The average molecular weight is 320 g/mol. The van der Waals surface area contributed by atoms with E-state index in [2.05, 4.69) is 10.3 Å². The highest BCUT2D eigenvalue weighted by molar-refractivity contribution is 5.75. The topological polar surface area (TPSA) is 55.1 Å². The van der Waals surface area contributed by atoms with Crippen LogP contribution in [0.25, 0.3) is 11.3 Å². The van der Waals surface area contributed by atoms with E-state index in [-0.39, 0.29) is 5.91 Å². The minimum absolute atomic E-state index is 0.0497. The van der Waals surface area contributed by atoms with Gasteiger partial charge in [-0.3, -0.25) is 4.79 Å². The van der Waals surface area contributed by atoms with Crippen molar-refractivity contribution in [2.24, 2.45) is 0 Å². The largest absolute Gasteiger partial charge is 0.441 e. The van der Waals surface area contributed by atoms with Crippen LogP contribution in [0, 0.1) is 0 Å². The summed E-state index contributed by atoms with van der Waals surface area (Å²) >= 11 is 0. The Morgan fingerprint density at radius 3 is 2.46 bits per heavy atom. The molecule has 0 aliphatic carbocycles. The van der Waals surface area contributed by atoms with Gasteiger partial charge in [-0.2, -0.15) is 0 Å². The summed E-state index contributed by atoms with van der Waals surface area (Å²) in [4.78, 5) is 16.2. The fourth-order valence-electron chi connectivity index (χ4n) is 2.45. The van der Waals surface area contributed by atoms with Gasteiger partial charge in [-0.15, -0.1) is 0 Å². The molecule has 0 saturated heterocycles. The first-order valence-corrected chi connectivity index (χ1v) is 8.12. The van der Waals surface area contributed by atoms with Gasteiger partial charge in [0.1, 0.15) is 0 Å². The molecule has 0 spiro atoms. The predicted octanol–water partition coefficient (Wildman–Crippen LogP) is 3.98. The van der Waals surface area contributed by atoms with Crippen LogP contribution in [0.1, 0.15) is 24.3 Å². The molecule has 0 fully saturated rings. The minimum Gasteiger partial charge on any atom is -0.441 e. The van der Waals surface area contributed by atoms with Crippen LogP contribution in [0.4, 0.5) is 0 Å². The molecule has 4 nitrogen and oxygen atoms in total. The van der Waals surface area contributed by atoms with Gasteiger partial charge in [-0.25, -0.2) is 4.98 Å². The minimum atomic E-state index is 0.0497. The third-order valence-electron chi connectivity index (χ3n) is 3.74. The van der Waals surface area contributed by atoms with Gasteiger partial charge in [0, 0.05) is 24.9 Å². The first kappa shape index (κ1) is 16.0. The third kappa shape index (κ3) is 4.56. The summed E-state index contributed by atoms with van der Waals surface area (Å²) in [6.45, 7) is 0.566. The molecule has 3 aromatic rings. The van der Waals surface area contributed by atoms with Crippen molar-refractivity contribution in [3.63, 3.8) is 0 Å². The molecule has 0 bridgehead atoms. The van der Waals surface area contributed by atoms with Crippen molar-refractivity contribution in [1.29, 1.82) is 0 Å². The Bertz CT molecular complexity index is 767. The van der Waals surface area contributed by atoms with E-state index in [1.54, 1.807) is 6.20 Å². The van der Waals surface area contributed by atoms with Crippen LogP contribution in [0.5, 0.6) is 0 Å². The number of carbonyl (C=O) groups is 1. The van der Waals surface area contributed by atoms with Crippen LogP contribution in [-0.2, 0) is 17.8 Å². The van der Waals surface area contributed by atoms with Crippen molar-refractivity contribution in [3.05, 3.63) is 78.3 Å². The lowest BCUT2D eigenvalue weighted by Crippen LogP contribution is -2.22. The summed E-state index contributed by atoms with van der Waals surface area (Å²) < 4.78 is 5.74. The number of oxazole rings is 1. The van der Waals surface area contributed by atoms with Gasteiger partial charge in [0.2, 0.25) is 5.91 Å². The first-order valence-electron chi connectivity index (χ1n) is 8.12. The number of carbonyl (C=O) groups excluding carboxylic acids is 1. The molecule has 1 N–H and O–H groups in total. The van der Waals surface area contributed by atoms with Gasteiger partial charge in [0.05, 0.1) is 6.20 Å². The van der Waals surface area contributed by atoms with Crippen molar-refractivity contribution >= 4 is 5.91 Å². The second-order valence-electron chi connectivity index (χ2n) is 5.60. The smallest absolute Gasteiger partial charge is 0.220 e. The zero-order chi connectivity index (χ0) is 16.6. The zero-order valence-electron chi connectivity index (χ0n) is 13.4. The normalized spacial score (nSPS) is 10.5. The van der Waals surface area contributed by atoms with Crippen LogP contribution in [0.2, 0.25) is 0 Å². The lowest BCUT2D eigenvalue weighted by Gasteiger charge is -2.04. The van der Waals surface area contributed by atoms with Crippen LogP contribution in [-0.4, -0.2) is 10.9 Å². The lowest BCUT2D eigenvalue weighted by atomic mass is 10.2. The Morgan fingerprint density at radius 1 is 1.00 bits per heavy atom. The van der Waals surface area contributed by atoms with Crippen molar-refractivity contribution in [1.82, 2.24) is 10.3 Å². The van der Waals surface area contributed by atoms with Crippen molar-refractivity contribution in [2.45, 2.75) is 25.8 Å². The summed E-state index contributed by atoms with van der Waals surface area (Å²) in [5.74, 6) is 1.48. The molecule has 1 heterocycles. The van der Waals surface area contributed by atoms with Crippen LogP contribution in [0.3, 0.4) is 0 Å². The van der Waals surface area contributed by atoms with Crippen molar-refractivity contribution < 1.29 is 9.21 Å². The van der Waals surface area contributed by atoms with E-state index in [0.717, 1.165) is 23.3 Å². The molecular formula is C20H20N2O2. The fourth-order valence-corrected chi connectivity index (χ4v) is 2.45.